The molecule has 0 saturated heterocycles. The Morgan fingerprint density at radius 2 is 2.22 bits per heavy atom. The van der Waals surface area contributed by atoms with Crippen LogP contribution in [0.5, 0.6) is 0 Å². The molecule has 4 heteroatoms. The summed E-state index contributed by atoms with van der Waals surface area (Å²) in [4.78, 5) is 4.71. The Kier molecular flexibility index (Phi) is 2.83. The maximum absolute atomic E-state index is 6.24. The van der Waals surface area contributed by atoms with E-state index < -0.39 is 0 Å². The van der Waals surface area contributed by atoms with E-state index >= 15 is 0 Å². The molecular formula is C14H18ClN3. The second-order valence-corrected chi connectivity index (χ2v) is 5.84. The topological polar surface area (TPSA) is 43.8 Å². The quantitative estimate of drug-likeness (QED) is 0.925. The van der Waals surface area contributed by atoms with Crippen LogP contribution in [0.15, 0.2) is 18.2 Å². The number of hydrogen-bond acceptors (Lipinski definition) is 2. The number of nitrogens with two attached hydrogens (primary N) is 1. The van der Waals surface area contributed by atoms with Crippen LogP contribution in [-0.4, -0.2) is 16.1 Å². The van der Waals surface area contributed by atoms with E-state index in [0.29, 0.717) is 0 Å². The molecule has 0 amide bonds. The molecule has 0 unspecified atom stereocenters. The first-order valence-corrected chi connectivity index (χ1v) is 6.83. The van der Waals surface area contributed by atoms with Gasteiger partial charge in [-0.1, -0.05) is 24.1 Å². The number of fused-ring (bicyclic) bond motifs is 1. The van der Waals surface area contributed by atoms with Crippen LogP contribution in [0.25, 0.3) is 11.0 Å². The normalized spacial score (nSPS) is 17.9. The van der Waals surface area contributed by atoms with E-state index in [1.807, 2.05) is 25.2 Å². The fraction of sp³-hybridized carbons (Fsp3) is 0.500. The van der Waals surface area contributed by atoms with E-state index in [4.69, 9.17) is 22.3 Å². The maximum Gasteiger partial charge on any atom is 0.110 e. The van der Waals surface area contributed by atoms with E-state index in [2.05, 4.69) is 4.57 Å². The highest BCUT2D eigenvalue weighted by atomic mass is 35.5. The number of nitrogens with zero attached hydrogens (tertiary/aromatic N) is 2. The molecule has 2 aromatic rings. The molecule has 1 fully saturated rings. The molecule has 0 radical (unpaired) electrons. The first-order chi connectivity index (χ1) is 8.65. The molecule has 1 aliphatic carbocycles. The standard InChI is InChI=1S/C14H18ClN3/c1-18-12(8-14(9-16)6-3-7-14)17-11-5-2-4-10(15)13(11)18/h2,4-5H,3,6-9,16H2,1H3. The average molecular weight is 264 g/mol. The van der Waals surface area contributed by atoms with E-state index in [0.717, 1.165) is 34.8 Å². The number of halogens is 1. The zero-order chi connectivity index (χ0) is 12.8. The number of benzene rings is 1. The zero-order valence-electron chi connectivity index (χ0n) is 10.6. The Morgan fingerprint density at radius 1 is 1.44 bits per heavy atom. The van der Waals surface area contributed by atoms with Gasteiger partial charge in [-0.15, -0.1) is 0 Å². The van der Waals surface area contributed by atoms with E-state index in [9.17, 15) is 0 Å². The minimum atomic E-state index is 0.279. The minimum Gasteiger partial charge on any atom is -0.330 e. The lowest BCUT2D eigenvalue weighted by atomic mass is 9.66. The van der Waals surface area contributed by atoms with Gasteiger partial charge in [0.25, 0.3) is 0 Å². The van der Waals surface area contributed by atoms with Gasteiger partial charge in [0.15, 0.2) is 0 Å². The van der Waals surface area contributed by atoms with Crippen LogP contribution in [0.4, 0.5) is 0 Å². The van der Waals surface area contributed by atoms with Gasteiger partial charge >= 0.3 is 0 Å². The van der Waals surface area contributed by atoms with E-state index in [-0.39, 0.29) is 5.41 Å². The van der Waals surface area contributed by atoms with Gasteiger partial charge in [-0.2, -0.15) is 0 Å². The molecule has 18 heavy (non-hydrogen) atoms. The van der Waals surface area contributed by atoms with Crippen molar-refractivity contribution >= 4 is 22.6 Å². The molecule has 96 valence electrons. The number of imidazole rings is 1. The summed E-state index contributed by atoms with van der Waals surface area (Å²) >= 11 is 6.24. The van der Waals surface area contributed by atoms with Crippen molar-refractivity contribution in [2.75, 3.05) is 6.54 Å². The summed E-state index contributed by atoms with van der Waals surface area (Å²) < 4.78 is 2.12. The predicted molar refractivity (Wildman–Crippen MR) is 74.8 cm³/mol. The number of para-hydroxylation sites is 1. The number of aryl methyl sites for hydroxylation is 1. The van der Waals surface area contributed by atoms with Crippen molar-refractivity contribution in [2.24, 2.45) is 18.2 Å². The molecule has 3 nitrogen and oxygen atoms in total. The third-order valence-electron chi connectivity index (χ3n) is 4.32. The van der Waals surface area contributed by atoms with Gasteiger partial charge in [0.05, 0.1) is 16.1 Å². The lowest BCUT2D eigenvalue weighted by molar-refractivity contribution is 0.140. The van der Waals surface area contributed by atoms with Crippen molar-refractivity contribution in [1.82, 2.24) is 9.55 Å². The smallest absolute Gasteiger partial charge is 0.110 e. The van der Waals surface area contributed by atoms with Crippen molar-refractivity contribution in [2.45, 2.75) is 25.7 Å². The summed E-state index contributed by atoms with van der Waals surface area (Å²) in [5, 5.41) is 0.768. The minimum absolute atomic E-state index is 0.279. The highest BCUT2D eigenvalue weighted by Gasteiger charge is 2.36. The van der Waals surface area contributed by atoms with Crippen LogP contribution < -0.4 is 5.73 Å². The van der Waals surface area contributed by atoms with Gasteiger partial charge in [0.2, 0.25) is 0 Å². The first kappa shape index (κ1) is 12.0. The molecule has 0 bridgehead atoms. The predicted octanol–water partition coefficient (Wildman–Crippen LogP) is 2.90. The van der Waals surface area contributed by atoms with Gasteiger partial charge in [-0.05, 0) is 36.9 Å². The van der Waals surface area contributed by atoms with Crippen molar-refractivity contribution in [3.05, 3.63) is 29.0 Å². The summed E-state index contributed by atoms with van der Waals surface area (Å²) in [6, 6.07) is 5.88. The summed E-state index contributed by atoms with van der Waals surface area (Å²) in [7, 11) is 2.04. The Labute approximate surface area is 112 Å². The highest BCUT2D eigenvalue weighted by molar-refractivity contribution is 6.35. The molecule has 3 rings (SSSR count). The number of hydrogen-bond donors (Lipinski definition) is 1. The van der Waals surface area contributed by atoms with Crippen molar-refractivity contribution in [3.8, 4) is 0 Å². The van der Waals surface area contributed by atoms with E-state index in [1.54, 1.807) is 0 Å². The van der Waals surface area contributed by atoms with Gasteiger partial charge in [-0.3, -0.25) is 0 Å². The highest BCUT2D eigenvalue weighted by Crippen LogP contribution is 2.42. The van der Waals surface area contributed by atoms with Crippen molar-refractivity contribution < 1.29 is 0 Å². The first-order valence-electron chi connectivity index (χ1n) is 6.45. The summed E-state index contributed by atoms with van der Waals surface area (Å²) in [5.74, 6) is 1.10. The van der Waals surface area contributed by atoms with Crippen molar-refractivity contribution in [3.63, 3.8) is 0 Å². The average Bonchev–Trinajstić information content (AvgIpc) is 2.62. The fourth-order valence-corrected chi connectivity index (χ4v) is 3.19. The summed E-state index contributed by atoms with van der Waals surface area (Å²) in [5.41, 5.74) is 8.21. The Morgan fingerprint density at radius 3 is 2.78 bits per heavy atom. The lowest BCUT2D eigenvalue weighted by Crippen LogP contribution is -2.39. The maximum atomic E-state index is 6.24. The van der Waals surface area contributed by atoms with Gasteiger partial charge in [-0.25, -0.2) is 4.98 Å². The number of aromatic nitrogens is 2. The molecule has 1 saturated carbocycles. The Balaban J connectivity index is 2.02. The van der Waals surface area contributed by atoms with E-state index in [1.165, 1.54) is 19.3 Å². The van der Waals surface area contributed by atoms with Gasteiger partial charge in [0.1, 0.15) is 5.82 Å². The SMILES string of the molecule is Cn1c(CC2(CN)CCC2)nc2cccc(Cl)c21. The Bertz CT molecular complexity index is 578. The molecular weight excluding hydrogens is 246 g/mol. The third-order valence-corrected chi connectivity index (χ3v) is 4.62. The van der Waals surface area contributed by atoms with Crippen molar-refractivity contribution in [1.29, 1.82) is 0 Å². The molecule has 1 heterocycles. The van der Waals surface area contributed by atoms with Crippen LogP contribution in [0, 0.1) is 5.41 Å². The molecule has 1 aromatic carbocycles. The largest absolute Gasteiger partial charge is 0.330 e. The molecule has 1 aromatic heterocycles. The molecule has 1 aliphatic rings. The molecule has 2 N–H and O–H groups in total. The fourth-order valence-electron chi connectivity index (χ4n) is 2.89. The molecule has 0 aliphatic heterocycles. The second kappa shape index (κ2) is 4.25. The molecule has 0 atom stereocenters. The van der Waals surface area contributed by atoms with Crippen LogP contribution in [0.2, 0.25) is 5.02 Å². The van der Waals surface area contributed by atoms with Crippen LogP contribution in [0.1, 0.15) is 25.1 Å². The summed E-state index contributed by atoms with van der Waals surface area (Å²) in [6.45, 7) is 0.754. The van der Waals surface area contributed by atoms with Crippen LogP contribution >= 0.6 is 11.6 Å². The number of rotatable bonds is 3. The monoisotopic (exact) mass is 263 g/mol. The second-order valence-electron chi connectivity index (χ2n) is 5.43. The summed E-state index contributed by atoms with van der Waals surface area (Å²) in [6.07, 6.45) is 4.70. The zero-order valence-corrected chi connectivity index (χ0v) is 11.4. The lowest BCUT2D eigenvalue weighted by Gasteiger charge is -2.40. The Hall–Kier alpha value is -1.06. The van der Waals surface area contributed by atoms with Gasteiger partial charge < -0.3 is 10.3 Å². The van der Waals surface area contributed by atoms with Gasteiger partial charge in [0, 0.05) is 13.5 Å². The molecule has 0 spiro atoms. The van der Waals surface area contributed by atoms with Crippen LogP contribution in [-0.2, 0) is 13.5 Å². The third kappa shape index (κ3) is 1.73. The van der Waals surface area contributed by atoms with Crippen LogP contribution in [0.3, 0.4) is 0 Å².